The minimum Gasteiger partial charge on any atom is -0.287 e. The van der Waals surface area contributed by atoms with Crippen molar-refractivity contribution in [2.75, 3.05) is 6.61 Å². The van der Waals surface area contributed by atoms with Crippen LogP contribution in [-0.4, -0.2) is 20.0 Å². The second kappa shape index (κ2) is 6.27. The molecule has 1 heterocycles. The molecule has 1 aromatic carbocycles. The fourth-order valence-electron chi connectivity index (χ4n) is 1.79. The summed E-state index contributed by atoms with van der Waals surface area (Å²) in [6.07, 6.45) is 0. The van der Waals surface area contributed by atoms with E-state index in [0.29, 0.717) is 10.9 Å². The molecular formula is C14H17ClN2O3S. The van der Waals surface area contributed by atoms with Gasteiger partial charge in [-0.25, -0.2) is 13.4 Å². The molecule has 0 bridgehead atoms. The Kier molecular flexibility index (Phi) is 4.83. The van der Waals surface area contributed by atoms with Crippen LogP contribution < -0.4 is 4.89 Å². The van der Waals surface area contributed by atoms with Gasteiger partial charge in [-0.05, 0) is 30.5 Å². The molecule has 0 amide bonds. The van der Waals surface area contributed by atoms with Crippen LogP contribution >= 0.6 is 11.6 Å². The second-order valence-electron chi connectivity index (χ2n) is 5.22. The van der Waals surface area contributed by atoms with Crippen molar-refractivity contribution in [3.63, 3.8) is 0 Å². The molecular weight excluding hydrogens is 312 g/mol. The highest BCUT2D eigenvalue weighted by atomic mass is 35.5. The quantitative estimate of drug-likeness (QED) is 0.676. The summed E-state index contributed by atoms with van der Waals surface area (Å²) in [6, 6.07) is 6.73. The first kappa shape index (κ1) is 16.2. The predicted octanol–water partition coefficient (Wildman–Crippen LogP) is 3.06. The van der Waals surface area contributed by atoms with Crippen molar-refractivity contribution in [1.29, 1.82) is 0 Å². The van der Waals surface area contributed by atoms with Crippen molar-refractivity contribution < 1.29 is 13.3 Å². The molecule has 0 aliphatic heterocycles. The SMILES string of the molecule is Cc1cc2cccc(S(=O)(=O)NOCC(C)C)c2nc1Cl. The van der Waals surface area contributed by atoms with Crippen LogP contribution in [0.3, 0.4) is 0 Å². The number of hydrogen-bond donors (Lipinski definition) is 1. The summed E-state index contributed by atoms with van der Waals surface area (Å²) in [6.45, 7) is 5.96. The Morgan fingerprint density at radius 2 is 2.10 bits per heavy atom. The van der Waals surface area contributed by atoms with Crippen molar-refractivity contribution in [3.8, 4) is 0 Å². The van der Waals surface area contributed by atoms with Crippen LogP contribution in [0.5, 0.6) is 0 Å². The molecule has 0 radical (unpaired) electrons. The van der Waals surface area contributed by atoms with E-state index in [1.807, 2.05) is 20.8 Å². The summed E-state index contributed by atoms with van der Waals surface area (Å²) in [4.78, 5) is 11.4. The number of hydrogen-bond acceptors (Lipinski definition) is 4. The molecule has 2 rings (SSSR count). The maximum Gasteiger partial charge on any atom is 0.264 e. The lowest BCUT2D eigenvalue weighted by atomic mass is 10.2. The van der Waals surface area contributed by atoms with Gasteiger partial charge in [0.15, 0.2) is 0 Å². The van der Waals surface area contributed by atoms with Gasteiger partial charge in [-0.1, -0.05) is 42.5 Å². The number of nitrogens with one attached hydrogen (secondary N) is 1. The van der Waals surface area contributed by atoms with E-state index in [9.17, 15) is 8.42 Å². The van der Waals surface area contributed by atoms with Gasteiger partial charge in [0.2, 0.25) is 0 Å². The molecule has 0 aliphatic rings. The van der Waals surface area contributed by atoms with Gasteiger partial charge in [0.1, 0.15) is 10.0 Å². The van der Waals surface area contributed by atoms with Gasteiger partial charge in [-0.15, -0.1) is 0 Å². The molecule has 0 aliphatic carbocycles. The molecule has 7 heteroatoms. The molecule has 114 valence electrons. The molecule has 2 aromatic rings. The Labute approximate surface area is 129 Å². The molecule has 1 N–H and O–H groups in total. The van der Waals surface area contributed by atoms with Gasteiger partial charge in [0.25, 0.3) is 10.0 Å². The summed E-state index contributed by atoms with van der Waals surface area (Å²) >= 11 is 6.00. The second-order valence-corrected chi connectivity index (χ2v) is 7.19. The molecule has 21 heavy (non-hydrogen) atoms. The highest BCUT2D eigenvalue weighted by Crippen LogP contribution is 2.25. The van der Waals surface area contributed by atoms with Gasteiger partial charge in [0.05, 0.1) is 12.1 Å². The van der Waals surface area contributed by atoms with E-state index in [4.69, 9.17) is 16.4 Å². The average molecular weight is 329 g/mol. The fraction of sp³-hybridized carbons (Fsp3) is 0.357. The summed E-state index contributed by atoms with van der Waals surface area (Å²) < 4.78 is 24.6. The topological polar surface area (TPSA) is 68.3 Å². The Balaban J connectivity index is 2.43. The summed E-state index contributed by atoms with van der Waals surface area (Å²) in [5, 5.41) is 0.997. The number of benzene rings is 1. The van der Waals surface area contributed by atoms with E-state index >= 15 is 0 Å². The molecule has 5 nitrogen and oxygen atoms in total. The number of sulfonamides is 1. The summed E-state index contributed by atoms with van der Waals surface area (Å²) in [5.41, 5.74) is 1.12. The first-order valence-corrected chi connectivity index (χ1v) is 8.37. The minimum absolute atomic E-state index is 0.0469. The normalized spacial score (nSPS) is 12.2. The molecule has 0 unspecified atom stereocenters. The average Bonchev–Trinajstić information content (AvgIpc) is 2.38. The smallest absolute Gasteiger partial charge is 0.264 e. The van der Waals surface area contributed by atoms with E-state index in [1.165, 1.54) is 6.07 Å². The van der Waals surface area contributed by atoms with Gasteiger partial charge in [-0.3, -0.25) is 4.84 Å². The Bertz CT molecular complexity index is 760. The number of nitrogens with zero attached hydrogens (tertiary/aromatic N) is 1. The third kappa shape index (κ3) is 3.71. The van der Waals surface area contributed by atoms with Crippen LogP contribution in [0.4, 0.5) is 0 Å². The van der Waals surface area contributed by atoms with Crippen LogP contribution in [0.1, 0.15) is 19.4 Å². The van der Waals surface area contributed by atoms with Gasteiger partial charge in [0, 0.05) is 5.39 Å². The monoisotopic (exact) mass is 328 g/mol. The van der Waals surface area contributed by atoms with Gasteiger partial charge < -0.3 is 0 Å². The van der Waals surface area contributed by atoms with Crippen LogP contribution in [0, 0.1) is 12.8 Å². The third-order valence-corrected chi connectivity index (χ3v) is 4.44. The van der Waals surface area contributed by atoms with E-state index in [-0.39, 0.29) is 22.6 Å². The number of para-hydroxylation sites is 1. The lowest BCUT2D eigenvalue weighted by Crippen LogP contribution is -2.26. The van der Waals surface area contributed by atoms with Gasteiger partial charge >= 0.3 is 0 Å². The highest BCUT2D eigenvalue weighted by Gasteiger charge is 2.19. The van der Waals surface area contributed by atoms with Crippen LogP contribution in [-0.2, 0) is 14.9 Å². The zero-order valence-corrected chi connectivity index (χ0v) is 13.6. The predicted molar refractivity (Wildman–Crippen MR) is 82.6 cm³/mol. The summed E-state index contributed by atoms with van der Waals surface area (Å²) in [7, 11) is -3.81. The number of aryl methyl sites for hydroxylation is 1. The van der Waals surface area contributed by atoms with Crippen LogP contribution in [0.15, 0.2) is 29.2 Å². The minimum atomic E-state index is -3.81. The lowest BCUT2D eigenvalue weighted by molar-refractivity contribution is 0.0719. The Morgan fingerprint density at radius 3 is 2.76 bits per heavy atom. The molecule has 0 spiro atoms. The van der Waals surface area contributed by atoms with E-state index in [2.05, 4.69) is 9.87 Å². The van der Waals surface area contributed by atoms with Crippen molar-refractivity contribution >= 4 is 32.5 Å². The number of halogens is 1. The summed E-state index contributed by atoms with van der Waals surface area (Å²) in [5.74, 6) is 0.218. The number of rotatable bonds is 5. The highest BCUT2D eigenvalue weighted by molar-refractivity contribution is 7.89. The van der Waals surface area contributed by atoms with Crippen LogP contribution in [0.25, 0.3) is 10.9 Å². The Hall–Kier alpha value is -1.21. The van der Waals surface area contributed by atoms with Crippen molar-refractivity contribution in [1.82, 2.24) is 9.87 Å². The zero-order valence-electron chi connectivity index (χ0n) is 12.1. The molecule has 0 saturated carbocycles. The zero-order chi connectivity index (χ0) is 15.6. The van der Waals surface area contributed by atoms with Crippen molar-refractivity contribution in [2.45, 2.75) is 25.7 Å². The number of pyridine rings is 1. The van der Waals surface area contributed by atoms with Crippen LogP contribution in [0.2, 0.25) is 5.15 Å². The third-order valence-electron chi connectivity index (χ3n) is 2.81. The molecule has 1 aromatic heterocycles. The van der Waals surface area contributed by atoms with Crippen molar-refractivity contribution in [3.05, 3.63) is 35.0 Å². The van der Waals surface area contributed by atoms with E-state index in [0.717, 1.165) is 5.56 Å². The first-order chi connectivity index (χ1) is 9.81. The van der Waals surface area contributed by atoms with E-state index < -0.39 is 10.0 Å². The maximum atomic E-state index is 12.3. The van der Waals surface area contributed by atoms with E-state index in [1.54, 1.807) is 18.2 Å². The number of fused-ring (bicyclic) bond motifs is 1. The molecule has 0 saturated heterocycles. The van der Waals surface area contributed by atoms with Crippen molar-refractivity contribution in [2.24, 2.45) is 5.92 Å². The number of aromatic nitrogens is 1. The molecule has 0 atom stereocenters. The fourth-order valence-corrected chi connectivity index (χ4v) is 2.92. The van der Waals surface area contributed by atoms with Gasteiger partial charge in [-0.2, -0.15) is 0 Å². The lowest BCUT2D eigenvalue weighted by Gasteiger charge is -2.11. The standard InChI is InChI=1S/C14H17ClN2O3S/c1-9(2)8-20-17-21(18,19)12-6-4-5-11-7-10(3)14(15)16-13(11)12/h4-7,9,17H,8H2,1-3H3. The first-order valence-electron chi connectivity index (χ1n) is 6.50. The Morgan fingerprint density at radius 1 is 1.38 bits per heavy atom. The largest absolute Gasteiger partial charge is 0.287 e. The maximum absolute atomic E-state index is 12.3. The molecule has 0 fully saturated rings.